The minimum atomic E-state index is -3.67. The third-order valence-electron chi connectivity index (χ3n) is 4.41. The molecule has 8 heteroatoms. The molecule has 0 atom stereocenters. The summed E-state index contributed by atoms with van der Waals surface area (Å²) in [4.78, 5) is 16.2. The first-order valence-electron chi connectivity index (χ1n) is 8.81. The van der Waals surface area contributed by atoms with Gasteiger partial charge in [-0.05, 0) is 25.8 Å². The van der Waals surface area contributed by atoms with Gasteiger partial charge in [-0.1, -0.05) is 48.2 Å². The molecule has 0 aliphatic heterocycles. The summed E-state index contributed by atoms with van der Waals surface area (Å²) in [6.45, 7) is 1.94. The van der Waals surface area contributed by atoms with Crippen molar-refractivity contribution in [1.82, 2.24) is 15.5 Å². The molecule has 1 aliphatic rings. The predicted molar refractivity (Wildman–Crippen MR) is 97.0 cm³/mol. The Labute approximate surface area is 153 Å². The fourth-order valence-corrected chi connectivity index (χ4v) is 4.25. The zero-order valence-corrected chi connectivity index (χ0v) is 15.6. The molecule has 26 heavy (non-hydrogen) atoms. The van der Waals surface area contributed by atoms with Gasteiger partial charge in [-0.2, -0.15) is 4.98 Å². The highest BCUT2D eigenvalue weighted by molar-refractivity contribution is 7.91. The molecule has 1 N–H and O–H groups in total. The number of nitrogens with one attached hydrogen (secondary N) is 1. The van der Waals surface area contributed by atoms with Crippen LogP contribution in [0.4, 0.5) is 0 Å². The van der Waals surface area contributed by atoms with Crippen LogP contribution in [0, 0.1) is 6.92 Å². The van der Waals surface area contributed by atoms with Crippen molar-refractivity contribution < 1.29 is 17.7 Å². The van der Waals surface area contributed by atoms with E-state index in [-0.39, 0.29) is 11.9 Å². The van der Waals surface area contributed by atoms with Gasteiger partial charge in [-0.25, -0.2) is 8.42 Å². The minimum Gasteiger partial charge on any atom is -0.352 e. The summed E-state index contributed by atoms with van der Waals surface area (Å²) in [7, 11) is -3.67. The third kappa shape index (κ3) is 5.14. The van der Waals surface area contributed by atoms with E-state index in [4.69, 9.17) is 4.52 Å². The van der Waals surface area contributed by atoms with E-state index >= 15 is 0 Å². The van der Waals surface area contributed by atoms with Crippen LogP contribution in [-0.2, 0) is 20.4 Å². The second kappa shape index (κ2) is 7.99. The standard InChI is InChI=1S/C18H23N3O4S/c1-13-6-5-7-14(10-13)18-20-17(25-21-18)12-26(23,24)11-16(22)19-15-8-3-2-4-9-15/h5-7,10,15H,2-4,8-9,11-12H2,1H3,(H,19,22). The normalized spacial score (nSPS) is 15.7. The van der Waals surface area contributed by atoms with E-state index in [0.717, 1.165) is 36.8 Å². The average molecular weight is 377 g/mol. The topological polar surface area (TPSA) is 102 Å². The van der Waals surface area contributed by atoms with Crippen LogP contribution in [0.1, 0.15) is 43.6 Å². The van der Waals surface area contributed by atoms with Crippen LogP contribution in [0.15, 0.2) is 28.8 Å². The highest BCUT2D eigenvalue weighted by atomic mass is 32.2. The number of amides is 1. The van der Waals surface area contributed by atoms with Gasteiger partial charge in [-0.3, -0.25) is 4.79 Å². The molecule has 1 aliphatic carbocycles. The lowest BCUT2D eigenvalue weighted by Crippen LogP contribution is -2.39. The molecular formula is C18H23N3O4S. The summed E-state index contributed by atoms with van der Waals surface area (Å²) in [5.74, 6) is -1.14. The Balaban J connectivity index is 1.59. The minimum absolute atomic E-state index is 0.00743. The van der Waals surface area contributed by atoms with Gasteiger partial charge in [0.15, 0.2) is 9.84 Å². The van der Waals surface area contributed by atoms with E-state index in [9.17, 15) is 13.2 Å². The molecule has 1 saturated carbocycles. The maximum absolute atomic E-state index is 12.3. The van der Waals surface area contributed by atoms with Gasteiger partial charge in [0.05, 0.1) is 0 Å². The van der Waals surface area contributed by atoms with E-state index < -0.39 is 27.3 Å². The molecule has 0 unspecified atom stereocenters. The zero-order valence-electron chi connectivity index (χ0n) is 14.8. The number of aromatic nitrogens is 2. The first-order valence-corrected chi connectivity index (χ1v) is 10.6. The summed E-state index contributed by atoms with van der Waals surface area (Å²) < 4.78 is 29.6. The number of carbonyl (C=O) groups is 1. The van der Waals surface area contributed by atoms with Crippen molar-refractivity contribution in [2.75, 3.05) is 5.75 Å². The van der Waals surface area contributed by atoms with Crippen molar-refractivity contribution >= 4 is 15.7 Å². The van der Waals surface area contributed by atoms with Crippen molar-refractivity contribution in [3.8, 4) is 11.4 Å². The van der Waals surface area contributed by atoms with Gasteiger partial charge in [0.2, 0.25) is 17.6 Å². The van der Waals surface area contributed by atoms with Crippen LogP contribution < -0.4 is 5.32 Å². The molecule has 1 fully saturated rings. The lowest BCUT2D eigenvalue weighted by Gasteiger charge is -2.22. The maximum atomic E-state index is 12.3. The Hall–Kier alpha value is -2.22. The van der Waals surface area contributed by atoms with Crippen LogP contribution in [0.3, 0.4) is 0 Å². The Morgan fingerprint density at radius 1 is 1.27 bits per heavy atom. The van der Waals surface area contributed by atoms with E-state index in [1.54, 1.807) is 0 Å². The molecular weight excluding hydrogens is 354 g/mol. The van der Waals surface area contributed by atoms with Crippen molar-refractivity contribution in [2.45, 2.75) is 50.8 Å². The SMILES string of the molecule is Cc1cccc(-c2noc(CS(=O)(=O)CC(=O)NC3CCCCC3)n2)c1. The van der Waals surface area contributed by atoms with E-state index in [1.165, 1.54) is 6.42 Å². The number of carbonyl (C=O) groups excluding carboxylic acids is 1. The number of sulfone groups is 1. The molecule has 0 spiro atoms. The quantitative estimate of drug-likeness (QED) is 0.829. The number of aryl methyl sites for hydroxylation is 1. The smallest absolute Gasteiger partial charge is 0.242 e. The van der Waals surface area contributed by atoms with E-state index in [1.807, 2.05) is 31.2 Å². The highest BCUT2D eigenvalue weighted by Gasteiger charge is 2.23. The number of rotatable bonds is 6. The number of hydrogen-bond donors (Lipinski definition) is 1. The fourth-order valence-electron chi connectivity index (χ4n) is 3.17. The van der Waals surface area contributed by atoms with Crippen LogP contribution in [0.2, 0.25) is 0 Å². The summed E-state index contributed by atoms with van der Waals surface area (Å²) in [6.07, 6.45) is 5.14. The largest absolute Gasteiger partial charge is 0.352 e. The molecule has 1 aromatic heterocycles. The zero-order chi connectivity index (χ0) is 18.6. The predicted octanol–water partition coefficient (Wildman–Crippen LogP) is 2.41. The van der Waals surface area contributed by atoms with E-state index in [0.29, 0.717) is 5.82 Å². The molecule has 0 saturated heterocycles. The van der Waals surface area contributed by atoms with Crippen LogP contribution in [0.25, 0.3) is 11.4 Å². The van der Waals surface area contributed by atoms with Gasteiger partial charge < -0.3 is 9.84 Å². The lowest BCUT2D eigenvalue weighted by atomic mass is 9.95. The first-order chi connectivity index (χ1) is 12.4. The molecule has 0 bridgehead atoms. The molecule has 3 rings (SSSR count). The van der Waals surface area contributed by atoms with Gasteiger partial charge in [-0.15, -0.1) is 0 Å². The molecule has 1 aromatic carbocycles. The highest BCUT2D eigenvalue weighted by Crippen LogP contribution is 2.19. The van der Waals surface area contributed by atoms with Gasteiger partial charge in [0.1, 0.15) is 11.5 Å². The van der Waals surface area contributed by atoms with Gasteiger partial charge in [0.25, 0.3) is 0 Å². The maximum Gasteiger partial charge on any atom is 0.242 e. The molecule has 140 valence electrons. The molecule has 0 radical (unpaired) electrons. The Kier molecular flexibility index (Phi) is 5.70. The monoisotopic (exact) mass is 377 g/mol. The van der Waals surface area contributed by atoms with Crippen molar-refractivity contribution in [1.29, 1.82) is 0 Å². The van der Waals surface area contributed by atoms with Crippen LogP contribution in [-0.4, -0.2) is 36.3 Å². The molecule has 7 nitrogen and oxygen atoms in total. The van der Waals surface area contributed by atoms with Crippen molar-refractivity contribution in [3.63, 3.8) is 0 Å². The van der Waals surface area contributed by atoms with Crippen molar-refractivity contribution in [3.05, 3.63) is 35.7 Å². The summed E-state index contributed by atoms with van der Waals surface area (Å²) >= 11 is 0. The second-order valence-corrected chi connectivity index (χ2v) is 8.88. The van der Waals surface area contributed by atoms with E-state index in [2.05, 4.69) is 15.5 Å². The Bertz CT molecular complexity index is 870. The lowest BCUT2D eigenvalue weighted by molar-refractivity contribution is -0.119. The summed E-state index contributed by atoms with van der Waals surface area (Å²) in [5, 5.41) is 6.65. The number of benzene rings is 1. The second-order valence-electron chi connectivity index (χ2n) is 6.82. The van der Waals surface area contributed by atoms with Crippen LogP contribution >= 0.6 is 0 Å². The molecule has 1 heterocycles. The third-order valence-corrected chi connectivity index (χ3v) is 5.80. The summed E-state index contributed by atoms with van der Waals surface area (Å²) in [6, 6.07) is 7.62. The number of nitrogens with zero attached hydrogens (tertiary/aromatic N) is 2. The first kappa shape index (κ1) is 18.6. The summed E-state index contributed by atoms with van der Waals surface area (Å²) in [5.41, 5.74) is 1.80. The fraction of sp³-hybridized carbons (Fsp3) is 0.500. The molecule has 2 aromatic rings. The molecule has 1 amide bonds. The van der Waals surface area contributed by atoms with Crippen molar-refractivity contribution in [2.24, 2.45) is 0 Å². The number of hydrogen-bond acceptors (Lipinski definition) is 6. The Morgan fingerprint density at radius 2 is 2.04 bits per heavy atom. The van der Waals surface area contributed by atoms with Gasteiger partial charge >= 0.3 is 0 Å². The average Bonchev–Trinajstić information content (AvgIpc) is 3.02. The Morgan fingerprint density at radius 3 is 2.77 bits per heavy atom. The van der Waals surface area contributed by atoms with Crippen LogP contribution in [0.5, 0.6) is 0 Å². The van der Waals surface area contributed by atoms with Gasteiger partial charge in [0, 0.05) is 11.6 Å².